The van der Waals surface area contributed by atoms with Crippen molar-refractivity contribution < 1.29 is 19.0 Å². The van der Waals surface area contributed by atoms with E-state index in [-0.39, 0.29) is 17.7 Å². The molecule has 1 saturated heterocycles. The quantitative estimate of drug-likeness (QED) is 0.617. The normalized spacial score (nSPS) is 22.2. The van der Waals surface area contributed by atoms with Crippen LogP contribution in [0, 0.1) is 18.7 Å². The van der Waals surface area contributed by atoms with E-state index in [0.29, 0.717) is 24.3 Å². The molecular weight excluding hydrogens is 381 g/mol. The lowest BCUT2D eigenvalue weighted by molar-refractivity contribution is -0.145. The Morgan fingerprint density at radius 2 is 1.83 bits per heavy atom. The van der Waals surface area contributed by atoms with E-state index in [1.807, 2.05) is 24.3 Å². The molecule has 0 atom stereocenters. The van der Waals surface area contributed by atoms with Crippen LogP contribution in [0.1, 0.15) is 54.3 Å². The highest BCUT2D eigenvalue weighted by Crippen LogP contribution is 2.49. The first-order chi connectivity index (χ1) is 14.5. The number of aromatic nitrogens is 1. The average molecular weight is 407 g/mol. The van der Waals surface area contributed by atoms with Crippen molar-refractivity contribution in [3.63, 3.8) is 0 Å². The number of carbonyl (C=O) groups is 1. The number of rotatable bonds is 4. The smallest absolute Gasteiger partial charge is 0.306 e. The maximum Gasteiger partial charge on any atom is 0.306 e. The van der Waals surface area contributed by atoms with Gasteiger partial charge in [0, 0.05) is 35.9 Å². The van der Waals surface area contributed by atoms with E-state index in [1.165, 1.54) is 22.7 Å². The van der Waals surface area contributed by atoms with Crippen LogP contribution >= 0.6 is 0 Å². The van der Waals surface area contributed by atoms with E-state index in [2.05, 4.69) is 16.7 Å². The number of carboxylic acid groups (broad SMARTS) is 1. The second-order valence-electron chi connectivity index (χ2n) is 8.68. The molecule has 0 bridgehead atoms. The number of benzene rings is 2. The van der Waals surface area contributed by atoms with Gasteiger partial charge in [0.1, 0.15) is 5.82 Å². The molecule has 1 saturated carbocycles. The minimum Gasteiger partial charge on any atom is -0.481 e. The van der Waals surface area contributed by atoms with E-state index in [9.17, 15) is 14.3 Å². The number of nitrogens with zero attached hydrogens (tertiary/aromatic N) is 1. The molecule has 30 heavy (non-hydrogen) atoms. The summed E-state index contributed by atoms with van der Waals surface area (Å²) < 4.78 is 21.9. The molecule has 5 rings (SSSR count). The number of hydrogen-bond acceptors (Lipinski definition) is 2. The van der Waals surface area contributed by atoms with Crippen molar-refractivity contribution >= 4 is 16.9 Å². The number of carboxylic acids is 1. The lowest BCUT2D eigenvalue weighted by Crippen LogP contribution is -2.30. The molecule has 5 heteroatoms. The first-order valence-corrected chi connectivity index (χ1v) is 10.7. The van der Waals surface area contributed by atoms with E-state index >= 15 is 0 Å². The van der Waals surface area contributed by atoms with Gasteiger partial charge in [-0.2, -0.15) is 0 Å². The van der Waals surface area contributed by atoms with Gasteiger partial charge in [-0.05, 0) is 73.9 Å². The van der Waals surface area contributed by atoms with E-state index < -0.39 is 5.97 Å². The summed E-state index contributed by atoms with van der Waals surface area (Å²) in [6.45, 7) is 3.26. The Bertz CT molecular complexity index is 1110. The Morgan fingerprint density at radius 1 is 1.10 bits per heavy atom. The highest BCUT2D eigenvalue weighted by molar-refractivity contribution is 5.89. The monoisotopic (exact) mass is 407 g/mol. The zero-order valence-electron chi connectivity index (χ0n) is 17.1. The molecule has 1 aliphatic carbocycles. The summed E-state index contributed by atoms with van der Waals surface area (Å²) >= 11 is 0. The highest BCUT2D eigenvalue weighted by atomic mass is 19.1. The third-order valence-electron chi connectivity index (χ3n) is 6.86. The molecule has 0 unspecified atom stereocenters. The number of ether oxygens (including phenoxy) is 1. The standard InChI is InChI=1S/C25H26FNO3/c1-15-12-19(6-7-21(15)26)27-22-5-3-2-4-20(22)23(17-13-18(14-17)25(28)29)24(27)16-8-10-30-11-9-16/h2-7,12,16-18H,8-11,13-14H2,1H3,(H,28,29). The molecule has 0 amide bonds. The summed E-state index contributed by atoms with van der Waals surface area (Å²) in [5.41, 5.74) is 5.25. The maximum absolute atomic E-state index is 14.0. The molecule has 1 aromatic heterocycles. The number of halogens is 1. The number of aliphatic carboxylic acids is 1. The molecule has 156 valence electrons. The predicted molar refractivity (Wildman–Crippen MR) is 114 cm³/mol. The van der Waals surface area contributed by atoms with Crippen LogP contribution in [0.15, 0.2) is 42.5 Å². The van der Waals surface area contributed by atoms with Gasteiger partial charge in [0.05, 0.1) is 11.4 Å². The molecule has 1 aliphatic heterocycles. The van der Waals surface area contributed by atoms with Gasteiger partial charge in [-0.1, -0.05) is 18.2 Å². The van der Waals surface area contributed by atoms with Crippen molar-refractivity contribution in [3.05, 3.63) is 65.1 Å². The zero-order chi connectivity index (χ0) is 20.8. The fraction of sp³-hybridized carbons (Fsp3) is 0.400. The van der Waals surface area contributed by atoms with Gasteiger partial charge in [0.25, 0.3) is 0 Å². The average Bonchev–Trinajstić information content (AvgIpc) is 3.04. The van der Waals surface area contributed by atoms with Gasteiger partial charge in [0.2, 0.25) is 0 Å². The molecule has 2 aliphatic rings. The summed E-state index contributed by atoms with van der Waals surface area (Å²) in [7, 11) is 0. The lowest BCUT2D eigenvalue weighted by Gasteiger charge is -2.35. The molecule has 4 nitrogen and oxygen atoms in total. The van der Waals surface area contributed by atoms with Crippen LogP contribution < -0.4 is 0 Å². The third-order valence-corrected chi connectivity index (χ3v) is 6.86. The second-order valence-corrected chi connectivity index (χ2v) is 8.68. The van der Waals surface area contributed by atoms with Gasteiger partial charge < -0.3 is 14.4 Å². The number of aryl methyl sites for hydroxylation is 1. The number of fused-ring (bicyclic) bond motifs is 1. The molecule has 0 spiro atoms. The predicted octanol–water partition coefficient (Wildman–Crippen LogP) is 5.55. The zero-order valence-corrected chi connectivity index (χ0v) is 17.1. The largest absolute Gasteiger partial charge is 0.481 e. The molecule has 2 heterocycles. The Balaban J connectivity index is 1.73. The van der Waals surface area contributed by atoms with Crippen molar-refractivity contribution in [2.24, 2.45) is 5.92 Å². The van der Waals surface area contributed by atoms with Gasteiger partial charge in [-0.25, -0.2) is 4.39 Å². The topological polar surface area (TPSA) is 51.5 Å². The third kappa shape index (κ3) is 3.12. The summed E-state index contributed by atoms with van der Waals surface area (Å²) in [4.78, 5) is 11.4. The fourth-order valence-corrected chi connectivity index (χ4v) is 5.19. The van der Waals surface area contributed by atoms with Crippen molar-refractivity contribution in [3.8, 4) is 5.69 Å². The van der Waals surface area contributed by atoms with Crippen molar-refractivity contribution in [1.82, 2.24) is 4.57 Å². The van der Waals surface area contributed by atoms with Crippen LogP contribution in [0.25, 0.3) is 16.6 Å². The Kier molecular flexibility index (Phi) is 4.86. The van der Waals surface area contributed by atoms with Crippen LogP contribution in [0.4, 0.5) is 4.39 Å². The van der Waals surface area contributed by atoms with Crippen molar-refractivity contribution in [2.75, 3.05) is 13.2 Å². The lowest BCUT2D eigenvalue weighted by atomic mass is 9.69. The van der Waals surface area contributed by atoms with Gasteiger partial charge >= 0.3 is 5.97 Å². The summed E-state index contributed by atoms with van der Waals surface area (Å²) in [6.07, 6.45) is 3.25. The van der Waals surface area contributed by atoms with Crippen LogP contribution in [0.2, 0.25) is 0 Å². The molecular formula is C25H26FNO3. The molecule has 3 aromatic rings. The minimum absolute atomic E-state index is 0.202. The Morgan fingerprint density at radius 3 is 2.53 bits per heavy atom. The highest BCUT2D eigenvalue weighted by Gasteiger charge is 2.40. The van der Waals surface area contributed by atoms with Crippen LogP contribution in [0.3, 0.4) is 0 Å². The summed E-state index contributed by atoms with van der Waals surface area (Å²) in [6, 6.07) is 13.6. The van der Waals surface area contributed by atoms with Crippen LogP contribution in [-0.2, 0) is 9.53 Å². The number of para-hydroxylation sites is 1. The van der Waals surface area contributed by atoms with Crippen molar-refractivity contribution in [2.45, 2.75) is 44.4 Å². The van der Waals surface area contributed by atoms with E-state index in [4.69, 9.17) is 4.74 Å². The molecule has 2 aromatic carbocycles. The first kappa shape index (κ1) is 19.3. The van der Waals surface area contributed by atoms with Crippen molar-refractivity contribution in [1.29, 1.82) is 0 Å². The van der Waals surface area contributed by atoms with Gasteiger partial charge in [-0.15, -0.1) is 0 Å². The molecule has 1 N–H and O–H groups in total. The maximum atomic E-state index is 14.0. The van der Waals surface area contributed by atoms with E-state index in [1.54, 1.807) is 6.92 Å². The van der Waals surface area contributed by atoms with Crippen LogP contribution in [0.5, 0.6) is 0 Å². The SMILES string of the molecule is Cc1cc(-n2c(C3CCOCC3)c(C3CC(C(=O)O)C3)c3ccccc32)ccc1F. The molecule has 0 radical (unpaired) electrons. The Labute approximate surface area is 175 Å². The second kappa shape index (κ2) is 7.55. The fourth-order valence-electron chi connectivity index (χ4n) is 5.19. The van der Waals surface area contributed by atoms with Crippen LogP contribution in [-0.4, -0.2) is 28.9 Å². The Hall–Kier alpha value is -2.66. The minimum atomic E-state index is -0.697. The molecule has 2 fully saturated rings. The first-order valence-electron chi connectivity index (χ1n) is 10.7. The van der Waals surface area contributed by atoms with Gasteiger partial charge in [0.15, 0.2) is 0 Å². The van der Waals surface area contributed by atoms with E-state index in [0.717, 1.165) is 37.3 Å². The number of hydrogen-bond donors (Lipinski definition) is 1. The summed E-state index contributed by atoms with van der Waals surface area (Å²) in [5.74, 6) is -0.567. The van der Waals surface area contributed by atoms with Gasteiger partial charge in [-0.3, -0.25) is 4.79 Å². The summed E-state index contributed by atoms with van der Waals surface area (Å²) in [5, 5.41) is 10.6.